The molecule has 2 aliphatic rings. The van der Waals surface area contributed by atoms with Crippen LogP contribution in [0.3, 0.4) is 0 Å². The van der Waals surface area contributed by atoms with Crippen LogP contribution in [0.2, 0.25) is 5.02 Å². The van der Waals surface area contributed by atoms with Gasteiger partial charge in [0, 0.05) is 18.0 Å². The smallest absolute Gasteiger partial charge is 0.303 e. The van der Waals surface area contributed by atoms with Crippen LogP contribution in [0.25, 0.3) is 0 Å². The zero-order valence-electron chi connectivity index (χ0n) is 15.6. The third-order valence-corrected chi connectivity index (χ3v) is 5.88. The Kier molecular flexibility index (Phi) is 6.92. The Morgan fingerprint density at radius 3 is 2.82 bits per heavy atom. The first-order valence-corrected chi connectivity index (χ1v) is 10.1. The van der Waals surface area contributed by atoms with Gasteiger partial charge in [-0.25, -0.2) is 0 Å². The molecule has 2 aliphatic carbocycles. The van der Waals surface area contributed by atoms with Crippen molar-refractivity contribution in [2.45, 2.75) is 31.8 Å². The minimum atomic E-state index is -0.804. The number of carboxylic acids is 1. The van der Waals surface area contributed by atoms with E-state index >= 15 is 0 Å². The van der Waals surface area contributed by atoms with Gasteiger partial charge in [-0.2, -0.15) is 0 Å². The van der Waals surface area contributed by atoms with Gasteiger partial charge in [0.25, 0.3) is 0 Å². The van der Waals surface area contributed by atoms with E-state index in [1.807, 2.05) is 6.08 Å². The highest BCUT2D eigenvalue weighted by atomic mass is 35.5. The molecule has 0 aromatic heterocycles. The summed E-state index contributed by atoms with van der Waals surface area (Å²) in [7, 11) is 0. The molecule has 28 heavy (non-hydrogen) atoms. The van der Waals surface area contributed by atoms with Crippen molar-refractivity contribution in [3.05, 3.63) is 59.2 Å². The standard InChI is InChI=1S/C22H26ClNO4/c23-17-6-4-5-15(12-17)19(25)13-24-22(28)21-16-10-9-14(11-16)18(21)7-2-1-3-8-20(26)27/h2,4-7,9-10,12,14,16,18-19,21,25H,1,3,8,11,13H2,(H,24,28)(H,26,27). The molecular formula is C22H26ClNO4. The molecule has 0 heterocycles. The number of hydrogen-bond acceptors (Lipinski definition) is 3. The van der Waals surface area contributed by atoms with Crippen molar-refractivity contribution in [3.63, 3.8) is 0 Å². The SMILES string of the molecule is O=C(O)CCCC=CC1C2C=CC(C2)C1C(=O)NCC(O)c1cccc(Cl)c1. The van der Waals surface area contributed by atoms with Crippen LogP contribution in [0.4, 0.5) is 0 Å². The van der Waals surface area contributed by atoms with Crippen LogP contribution in [0, 0.1) is 23.7 Å². The van der Waals surface area contributed by atoms with Gasteiger partial charge in [0.1, 0.15) is 0 Å². The average molecular weight is 404 g/mol. The molecule has 5 atom stereocenters. The number of carbonyl (C=O) groups excluding carboxylic acids is 1. The Hall–Kier alpha value is -2.11. The highest BCUT2D eigenvalue weighted by Crippen LogP contribution is 2.48. The lowest BCUT2D eigenvalue weighted by atomic mass is 9.82. The van der Waals surface area contributed by atoms with Gasteiger partial charge in [0.15, 0.2) is 0 Å². The van der Waals surface area contributed by atoms with Crippen molar-refractivity contribution < 1.29 is 19.8 Å². The van der Waals surface area contributed by atoms with E-state index in [4.69, 9.17) is 16.7 Å². The second-order valence-corrected chi connectivity index (χ2v) is 8.02. The Labute approximate surface area is 170 Å². The summed E-state index contributed by atoms with van der Waals surface area (Å²) in [6.45, 7) is 0.145. The molecule has 0 saturated heterocycles. The van der Waals surface area contributed by atoms with Gasteiger partial charge in [-0.3, -0.25) is 9.59 Å². The number of amides is 1. The van der Waals surface area contributed by atoms with Crippen molar-refractivity contribution in [2.75, 3.05) is 6.54 Å². The van der Waals surface area contributed by atoms with Crippen molar-refractivity contribution >= 4 is 23.5 Å². The normalized spacial score (nSPS) is 26.6. The minimum Gasteiger partial charge on any atom is -0.481 e. The molecule has 0 aliphatic heterocycles. The van der Waals surface area contributed by atoms with E-state index in [2.05, 4.69) is 23.5 Å². The van der Waals surface area contributed by atoms with E-state index in [1.54, 1.807) is 24.3 Å². The van der Waals surface area contributed by atoms with Gasteiger partial charge in [0.05, 0.1) is 12.0 Å². The fraction of sp³-hybridized carbons (Fsp3) is 0.455. The molecule has 1 aromatic carbocycles. The molecule has 150 valence electrons. The maximum atomic E-state index is 12.8. The average Bonchev–Trinajstić information content (AvgIpc) is 3.27. The fourth-order valence-corrected chi connectivity index (χ4v) is 4.46. The van der Waals surface area contributed by atoms with Crippen molar-refractivity contribution in [2.24, 2.45) is 23.7 Å². The molecule has 5 nitrogen and oxygen atoms in total. The number of benzene rings is 1. The van der Waals surface area contributed by atoms with E-state index in [1.165, 1.54) is 0 Å². The summed E-state index contributed by atoms with van der Waals surface area (Å²) in [5.41, 5.74) is 0.676. The van der Waals surface area contributed by atoms with E-state index in [0.29, 0.717) is 29.3 Å². The molecule has 1 amide bonds. The first-order valence-electron chi connectivity index (χ1n) is 9.73. The van der Waals surface area contributed by atoms with E-state index in [-0.39, 0.29) is 36.6 Å². The zero-order valence-corrected chi connectivity index (χ0v) is 16.4. The molecule has 6 heteroatoms. The van der Waals surface area contributed by atoms with Crippen molar-refractivity contribution in [1.29, 1.82) is 0 Å². The van der Waals surface area contributed by atoms with Crippen LogP contribution in [-0.4, -0.2) is 28.6 Å². The number of aliphatic carboxylic acids is 1. The topological polar surface area (TPSA) is 86.6 Å². The first-order chi connectivity index (χ1) is 13.5. The zero-order chi connectivity index (χ0) is 20.1. The Bertz CT molecular complexity index is 776. The number of carbonyl (C=O) groups is 2. The maximum Gasteiger partial charge on any atom is 0.303 e. The van der Waals surface area contributed by atoms with Gasteiger partial charge in [-0.1, -0.05) is 48.0 Å². The molecule has 1 saturated carbocycles. The van der Waals surface area contributed by atoms with Crippen LogP contribution in [-0.2, 0) is 9.59 Å². The minimum absolute atomic E-state index is 0.0434. The molecule has 1 aromatic rings. The third kappa shape index (κ3) is 5.03. The van der Waals surface area contributed by atoms with Crippen molar-refractivity contribution in [1.82, 2.24) is 5.32 Å². The van der Waals surface area contributed by atoms with Crippen LogP contribution < -0.4 is 5.32 Å². The quantitative estimate of drug-likeness (QED) is 0.433. The number of allylic oxidation sites excluding steroid dienone is 4. The molecule has 0 spiro atoms. The molecule has 3 N–H and O–H groups in total. The highest BCUT2D eigenvalue weighted by Gasteiger charge is 2.46. The number of unbranched alkanes of at least 4 members (excludes halogenated alkanes) is 1. The number of rotatable bonds is 9. The lowest BCUT2D eigenvalue weighted by Crippen LogP contribution is -2.38. The molecular weight excluding hydrogens is 378 g/mol. The Morgan fingerprint density at radius 1 is 1.29 bits per heavy atom. The van der Waals surface area contributed by atoms with Gasteiger partial charge in [-0.05, 0) is 54.7 Å². The number of aliphatic hydroxyl groups is 1. The summed E-state index contributed by atoms with van der Waals surface area (Å²) < 4.78 is 0. The van der Waals surface area contributed by atoms with E-state index < -0.39 is 12.1 Å². The second kappa shape index (κ2) is 9.39. The summed E-state index contributed by atoms with van der Waals surface area (Å²) in [6.07, 6.45) is 10.0. The molecule has 0 radical (unpaired) electrons. The van der Waals surface area contributed by atoms with Crippen molar-refractivity contribution in [3.8, 4) is 0 Å². The number of halogens is 1. The molecule has 5 unspecified atom stereocenters. The predicted molar refractivity (Wildman–Crippen MR) is 108 cm³/mol. The second-order valence-electron chi connectivity index (χ2n) is 7.58. The first kappa shape index (κ1) is 20.6. The van der Waals surface area contributed by atoms with Crippen LogP contribution >= 0.6 is 11.6 Å². The number of aliphatic hydroxyl groups excluding tert-OH is 1. The van der Waals surface area contributed by atoms with E-state index in [9.17, 15) is 14.7 Å². The molecule has 1 fully saturated rings. The lowest BCUT2D eigenvalue weighted by molar-refractivity contribution is -0.137. The lowest BCUT2D eigenvalue weighted by Gasteiger charge is -2.25. The van der Waals surface area contributed by atoms with Crippen LogP contribution in [0.15, 0.2) is 48.6 Å². The largest absolute Gasteiger partial charge is 0.481 e. The number of nitrogens with one attached hydrogen (secondary N) is 1. The van der Waals surface area contributed by atoms with E-state index in [0.717, 1.165) is 6.42 Å². The third-order valence-electron chi connectivity index (χ3n) is 5.65. The Balaban J connectivity index is 1.56. The van der Waals surface area contributed by atoms with Gasteiger partial charge in [0.2, 0.25) is 5.91 Å². The Morgan fingerprint density at radius 2 is 2.07 bits per heavy atom. The predicted octanol–water partition coefficient (Wildman–Crippen LogP) is 3.74. The van der Waals surface area contributed by atoms with Crippen LogP contribution in [0.5, 0.6) is 0 Å². The van der Waals surface area contributed by atoms with Gasteiger partial charge >= 0.3 is 5.97 Å². The maximum absolute atomic E-state index is 12.8. The van der Waals surface area contributed by atoms with Gasteiger partial charge in [-0.15, -0.1) is 0 Å². The highest BCUT2D eigenvalue weighted by molar-refractivity contribution is 6.30. The summed E-state index contributed by atoms with van der Waals surface area (Å²) in [5.74, 6) is -0.262. The summed E-state index contributed by atoms with van der Waals surface area (Å²) in [4.78, 5) is 23.4. The van der Waals surface area contributed by atoms with Crippen LogP contribution in [0.1, 0.15) is 37.4 Å². The number of hydrogen-bond donors (Lipinski definition) is 3. The summed E-state index contributed by atoms with van der Waals surface area (Å²) in [6, 6.07) is 6.99. The fourth-order valence-electron chi connectivity index (χ4n) is 4.26. The summed E-state index contributed by atoms with van der Waals surface area (Å²) >= 11 is 5.96. The monoisotopic (exact) mass is 403 g/mol. The van der Waals surface area contributed by atoms with Gasteiger partial charge < -0.3 is 15.5 Å². The number of carboxylic acid groups (broad SMARTS) is 1. The summed E-state index contributed by atoms with van der Waals surface area (Å²) in [5, 5.41) is 22.5. The molecule has 2 bridgehead atoms. The number of fused-ring (bicyclic) bond motifs is 2. The molecule has 3 rings (SSSR count).